The molecule has 0 radical (unpaired) electrons. The molecule has 0 unspecified atom stereocenters. The van der Waals surface area contributed by atoms with E-state index in [9.17, 15) is 4.79 Å². The van der Waals surface area contributed by atoms with Crippen molar-refractivity contribution in [1.82, 2.24) is 10.1 Å². The number of thiophene rings is 1. The van der Waals surface area contributed by atoms with Crippen molar-refractivity contribution >= 4 is 29.1 Å². The van der Waals surface area contributed by atoms with E-state index in [0.717, 1.165) is 10.5 Å². The zero-order chi connectivity index (χ0) is 15.4. The van der Waals surface area contributed by atoms with Crippen LogP contribution in [0.5, 0.6) is 0 Å². The van der Waals surface area contributed by atoms with Crippen LogP contribution in [0.1, 0.15) is 16.2 Å². The molecule has 2 heterocycles. The number of hydrogen-bond acceptors (Lipinski definition) is 7. The largest absolute Gasteiger partial charge is 0.452 e. The molecule has 0 aliphatic carbocycles. The number of thioether (sulfide) groups is 1. The molecule has 7 heteroatoms. The zero-order valence-corrected chi connectivity index (χ0v) is 13.3. The van der Waals surface area contributed by atoms with Crippen molar-refractivity contribution in [2.75, 3.05) is 6.26 Å². The summed E-state index contributed by atoms with van der Waals surface area (Å²) in [6, 6.07) is 9.20. The molecule has 5 nitrogen and oxygen atoms in total. The van der Waals surface area contributed by atoms with Gasteiger partial charge in [-0.3, -0.25) is 0 Å². The van der Waals surface area contributed by atoms with Crippen LogP contribution in [0.3, 0.4) is 0 Å². The number of carbonyl (C=O) groups is 1. The second kappa shape index (κ2) is 6.76. The molecule has 0 amide bonds. The smallest absolute Gasteiger partial charge is 0.339 e. The summed E-state index contributed by atoms with van der Waals surface area (Å²) in [7, 11) is 0. The third kappa shape index (κ3) is 3.20. The van der Waals surface area contributed by atoms with Crippen molar-refractivity contribution in [3.8, 4) is 11.4 Å². The number of hydrogen-bond donors (Lipinski definition) is 0. The number of ether oxygens (including phenoxy) is 1. The van der Waals surface area contributed by atoms with Gasteiger partial charge in [0.2, 0.25) is 5.82 Å². The molecule has 0 fully saturated rings. The van der Waals surface area contributed by atoms with E-state index >= 15 is 0 Å². The van der Waals surface area contributed by atoms with E-state index in [0.29, 0.717) is 11.4 Å². The quantitative estimate of drug-likeness (QED) is 0.522. The Morgan fingerprint density at radius 1 is 1.36 bits per heavy atom. The van der Waals surface area contributed by atoms with Gasteiger partial charge in [-0.2, -0.15) is 16.3 Å². The Labute approximate surface area is 135 Å². The molecule has 2 aromatic heterocycles. The lowest BCUT2D eigenvalue weighted by Gasteiger charge is -2.05. The van der Waals surface area contributed by atoms with Gasteiger partial charge in [-0.15, -0.1) is 11.8 Å². The summed E-state index contributed by atoms with van der Waals surface area (Å²) in [4.78, 5) is 17.2. The minimum atomic E-state index is -0.403. The lowest BCUT2D eigenvalue weighted by atomic mass is 10.2. The highest BCUT2D eigenvalue weighted by atomic mass is 32.2. The Bertz CT molecular complexity index is 769. The maximum Gasteiger partial charge on any atom is 0.339 e. The highest BCUT2D eigenvalue weighted by Gasteiger charge is 2.15. The van der Waals surface area contributed by atoms with E-state index < -0.39 is 5.97 Å². The molecule has 0 N–H and O–H groups in total. The number of benzene rings is 1. The predicted octanol–water partition coefficient (Wildman–Crippen LogP) is 3.88. The van der Waals surface area contributed by atoms with Crippen LogP contribution in [0.4, 0.5) is 0 Å². The topological polar surface area (TPSA) is 65.2 Å². The normalized spacial score (nSPS) is 10.6. The molecule has 22 heavy (non-hydrogen) atoms. The van der Waals surface area contributed by atoms with Crippen molar-refractivity contribution in [2.24, 2.45) is 0 Å². The highest BCUT2D eigenvalue weighted by Crippen LogP contribution is 2.22. The maximum absolute atomic E-state index is 12.1. The molecule has 0 saturated heterocycles. The molecule has 0 atom stereocenters. The van der Waals surface area contributed by atoms with Crippen molar-refractivity contribution < 1.29 is 14.1 Å². The van der Waals surface area contributed by atoms with Crippen molar-refractivity contribution in [3.63, 3.8) is 0 Å². The van der Waals surface area contributed by atoms with Crippen LogP contribution in [0.15, 0.2) is 50.5 Å². The average molecular weight is 332 g/mol. The number of esters is 1. The molecular formula is C15H12N2O3S2. The third-order valence-electron chi connectivity index (χ3n) is 2.90. The predicted molar refractivity (Wildman–Crippen MR) is 85.0 cm³/mol. The van der Waals surface area contributed by atoms with Gasteiger partial charge in [0.25, 0.3) is 5.89 Å². The first kappa shape index (κ1) is 14.8. The lowest BCUT2D eigenvalue weighted by molar-refractivity contribution is 0.0425. The summed E-state index contributed by atoms with van der Waals surface area (Å²) in [5.41, 5.74) is 1.42. The lowest BCUT2D eigenvalue weighted by Crippen LogP contribution is -2.06. The molecule has 0 aliphatic rings. The van der Waals surface area contributed by atoms with E-state index in [2.05, 4.69) is 10.1 Å². The van der Waals surface area contributed by atoms with E-state index in [1.807, 2.05) is 35.2 Å². The summed E-state index contributed by atoms with van der Waals surface area (Å²) in [5.74, 6) is 0.369. The van der Waals surface area contributed by atoms with Gasteiger partial charge < -0.3 is 9.26 Å². The van der Waals surface area contributed by atoms with E-state index in [1.54, 1.807) is 23.5 Å². The summed E-state index contributed by atoms with van der Waals surface area (Å²) < 4.78 is 10.3. The van der Waals surface area contributed by atoms with Crippen LogP contribution < -0.4 is 0 Å². The van der Waals surface area contributed by atoms with E-state index in [1.165, 1.54) is 11.8 Å². The fourth-order valence-electron chi connectivity index (χ4n) is 1.84. The number of carbonyl (C=O) groups excluding carboxylic acids is 1. The average Bonchev–Trinajstić information content (AvgIpc) is 3.23. The molecule has 3 aromatic rings. The van der Waals surface area contributed by atoms with Crippen molar-refractivity contribution in [3.05, 3.63) is 52.5 Å². The summed E-state index contributed by atoms with van der Waals surface area (Å²) in [6.07, 6.45) is 1.91. The Hall–Kier alpha value is -2.12. The third-order valence-corrected chi connectivity index (χ3v) is 4.38. The minimum absolute atomic E-state index is 0.0430. The van der Waals surface area contributed by atoms with Gasteiger partial charge in [0.05, 0.1) is 5.56 Å². The summed E-state index contributed by atoms with van der Waals surface area (Å²) in [5, 5.41) is 7.73. The second-order valence-electron chi connectivity index (χ2n) is 4.30. The van der Waals surface area contributed by atoms with Gasteiger partial charge in [0.1, 0.15) is 0 Å². The van der Waals surface area contributed by atoms with Crippen LogP contribution >= 0.6 is 23.1 Å². The van der Waals surface area contributed by atoms with Gasteiger partial charge >= 0.3 is 5.97 Å². The molecule has 3 rings (SSSR count). The van der Waals surface area contributed by atoms with Gasteiger partial charge in [0.15, 0.2) is 6.61 Å². The van der Waals surface area contributed by atoms with Gasteiger partial charge in [-0.05, 0) is 29.8 Å². The molecular weight excluding hydrogens is 320 g/mol. The van der Waals surface area contributed by atoms with Crippen LogP contribution in [0.25, 0.3) is 11.4 Å². The van der Waals surface area contributed by atoms with Crippen LogP contribution in [0, 0.1) is 0 Å². The van der Waals surface area contributed by atoms with Gasteiger partial charge in [-0.1, -0.05) is 17.3 Å². The van der Waals surface area contributed by atoms with E-state index in [4.69, 9.17) is 9.26 Å². The van der Waals surface area contributed by atoms with Gasteiger partial charge in [0, 0.05) is 15.8 Å². The fourth-order valence-corrected chi connectivity index (χ4v) is 3.06. The Morgan fingerprint density at radius 3 is 3.00 bits per heavy atom. The number of rotatable bonds is 5. The molecule has 112 valence electrons. The first-order valence-electron chi connectivity index (χ1n) is 6.43. The SMILES string of the molecule is CSc1ccccc1C(=O)OCc1nc(-c2ccsc2)no1. The fraction of sp³-hybridized carbons (Fsp3) is 0.133. The summed E-state index contributed by atoms with van der Waals surface area (Å²) >= 11 is 3.05. The van der Waals surface area contributed by atoms with Crippen LogP contribution in [-0.4, -0.2) is 22.4 Å². The Balaban J connectivity index is 1.66. The number of nitrogens with zero attached hydrogens (tertiary/aromatic N) is 2. The van der Waals surface area contributed by atoms with E-state index in [-0.39, 0.29) is 12.5 Å². The minimum Gasteiger partial charge on any atom is -0.452 e. The second-order valence-corrected chi connectivity index (χ2v) is 5.93. The first-order valence-corrected chi connectivity index (χ1v) is 8.60. The van der Waals surface area contributed by atoms with Crippen LogP contribution in [0.2, 0.25) is 0 Å². The Kier molecular flexibility index (Phi) is 4.55. The summed E-state index contributed by atoms with van der Waals surface area (Å²) in [6.45, 7) is -0.0430. The monoisotopic (exact) mass is 332 g/mol. The highest BCUT2D eigenvalue weighted by molar-refractivity contribution is 7.98. The molecule has 0 spiro atoms. The van der Waals surface area contributed by atoms with Crippen molar-refractivity contribution in [2.45, 2.75) is 11.5 Å². The molecule has 0 saturated carbocycles. The Morgan fingerprint density at radius 2 is 2.23 bits per heavy atom. The zero-order valence-electron chi connectivity index (χ0n) is 11.7. The maximum atomic E-state index is 12.1. The number of aromatic nitrogens is 2. The van der Waals surface area contributed by atoms with Gasteiger partial charge in [-0.25, -0.2) is 4.79 Å². The molecule has 1 aromatic carbocycles. The van der Waals surface area contributed by atoms with Crippen LogP contribution in [-0.2, 0) is 11.3 Å². The molecule has 0 bridgehead atoms. The molecule has 0 aliphatic heterocycles. The van der Waals surface area contributed by atoms with Crippen molar-refractivity contribution in [1.29, 1.82) is 0 Å². The first-order chi connectivity index (χ1) is 10.8. The standard InChI is InChI=1S/C15H12N2O3S2/c1-21-12-5-3-2-4-11(12)15(18)19-8-13-16-14(17-20-13)10-6-7-22-9-10/h2-7,9H,8H2,1H3.